The molecule has 0 saturated carbocycles. The zero-order chi connectivity index (χ0) is 14.7. The highest BCUT2D eigenvalue weighted by Gasteiger charge is 2.18. The lowest BCUT2D eigenvalue weighted by Crippen LogP contribution is -2.47. The molecule has 0 unspecified atom stereocenters. The van der Waals surface area contributed by atoms with Crippen LogP contribution in [0.1, 0.15) is 5.56 Å². The molecule has 6 nitrogen and oxygen atoms in total. The molecule has 1 saturated heterocycles. The number of nitrogens with two attached hydrogens (primary N) is 1. The molecular formula is C15H22N6. The Morgan fingerprint density at radius 2 is 2.00 bits per heavy atom. The van der Waals surface area contributed by atoms with Gasteiger partial charge in [0.2, 0.25) is 0 Å². The second-order valence-corrected chi connectivity index (χ2v) is 5.54. The normalized spacial score (nSPS) is 16.3. The van der Waals surface area contributed by atoms with Gasteiger partial charge in [0.25, 0.3) is 0 Å². The monoisotopic (exact) mass is 286 g/mol. The molecule has 0 aliphatic carbocycles. The van der Waals surface area contributed by atoms with Gasteiger partial charge in [0, 0.05) is 52.2 Å². The molecular weight excluding hydrogens is 264 g/mol. The Balaban J connectivity index is 1.50. The van der Waals surface area contributed by atoms with Crippen molar-refractivity contribution in [3.63, 3.8) is 0 Å². The number of anilines is 2. The summed E-state index contributed by atoms with van der Waals surface area (Å²) in [5.41, 5.74) is 9.17. The van der Waals surface area contributed by atoms with Gasteiger partial charge in [-0.15, -0.1) is 0 Å². The molecule has 0 amide bonds. The number of pyridine rings is 1. The third-order valence-electron chi connectivity index (χ3n) is 4.02. The van der Waals surface area contributed by atoms with E-state index in [2.05, 4.69) is 26.1 Å². The fourth-order valence-corrected chi connectivity index (χ4v) is 2.79. The largest absolute Gasteiger partial charge is 0.396 e. The van der Waals surface area contributed by atoms with Crippen molar-refractivity contribution in [3.05, 3.63) is 36.4 Å². The number of aryl methyl sites for hydroxylation is 1. The molecule has 3 rings (SSSR count). The second kappa shape index (κ2) is 6.13. The number of aromatic nitrogens is 3. The minimum absolute atomic E-state index is 0.765. The number of nitrogens with zero attached hydrogens (tertiary/aromatic N) is 5. The lowest BCUT2D eigenvalue weighted by molar-refractivity contribution is 0.261. The van der Waals surface area contributed by atoms with Crippen molar-refractivity contribution in [1.29, 1.82) is 0 Å². The summed E-state index contributed by atoms with van der Waals surface area (Å²) >= 11 is 0. The van der Waals surface area contributed by atoms with Crippen LogP contribution in [0, 0.1) is 0 Å². The van der Waals surface area contributed by atoms with Gasteiger partial charge < -0.3 is 10.6 Å². The van der Waals surface area contributed by atoms with Crippen molar-refractivity contribution in [2.75, 3.05) is 43.4 Å². The molecule has 0 aromatic carbocycles. The Labute approximate surface area is 125 Å². The maximum Gasteiger partial charge on any atom is 0.0738 e. The third-order valence-corrected chi connectivity index (χ3v) is 4.02. The number of piperazine rings is 1. The second-order valence-electron chi connectivity index (χ2n) is 5.54. The number of rotatable bonds is 4. The van der Waals surface area contributed by atoms with E-state index in [4.69, 9.17) is 5.73 Å². The van der Waals surface area contributed by atoms with Crippen LogP contribution in [-0.4, -0.2) is 52.4 Å². The average Bonchev–Trinajstić information content (AvgIpc) is 2.92. The van der Waals surface area contributed by atoms with Crippen molar-refractivity contribution in [2.24, 2.45) is 7.05 Å². The standard InChI is InChI=1S/C15H22N6/c1-19-12-13(10-18-19)3-5-20-6-8-21(9-7-20)15-2-4-17-11-14(15)16/h2,4,10-12H,3,5-9,16H2,1H3. The molecule has 1 fully saturated rings. The van der Waals surface area contributed by atoms with Gasteiger partial charge in [-0.25, -0.2) is 0 Å². The van der Waals surface area contributed by atoms with Gasteiger partial charge in [-0.1, -0.05) is 0 Å². The van der Waals surface area contributed by atoms with Gasteiger partial charge in [0.05, 0.1) is 23.8 Å². The van der Waals surface area contributed by atoms with Gasteiger partial charge in [0.1, 0.15) is 0 Å². The van der Waals surface area contributed by atoms with Crippen LogP contribution in [0.5, 0.6) is 0 Å². The van der Waals surface area contributed by atoms with Crippen molar-refractivity contribution in [1.82, 2.24) is 19.7 Å². The fourth-order valence-electron chi connectivity index (χ4n) is 2.79. The number of hydrogen-bond acceptors (Lipinski definition) is 5. The molecule has 21 heavy (non-hydrogen) atoms. The Morgan fingerprint density at radius 1 is 1.19 bits per heavy atom. The van der Waals surface area contributed by atoms with Gasteiger partial charge in [-0.3, -0.25) is 14.6 Å². The van der Waals surface area contributed by atoms with Gasteiger partial charge in [-0.05, 0) is 18.1 Å². The van der Waals surface area contributed by atoms with E-state index in [1.807, 2.05) is 24.0 Å². The summed E-state index contributed by atoms with van der Waals surface area (Å²) in [5, 5.41) is 4.21. The Kier molecular flexibility index (Phi) is 4.06. The minimum Gasteiger partial charge on any atom is -0.396 e. The van der Waals surface area contributed by atoms with Crippen molar-refractivity contribution < 1.29 is 0 Å². The first-order chi connectivity index (χ1) is 10.2. The average molecular weight is 286 g/mol. The summed E-state index contributed by atoms with van der Waals surface area (Å²) in [7, 11) is 1.96. The van der Waals surface area contributed by atoms with E-state index in [1.54, 1.807) is 12.4 Å². The topological polar surface area (TPSA) is 63.2 Å². The highest BCUT2D eigenvalue weighted by molar-refractivity contribution is 5.66. The summed E-state index contributed by atoms with van der Waals surface area (Å²) in [6.07, 6.45) is 8.64. The summed E-state index contributed by atoms with van der Waals surface area (Å²) in [4.78, 5) is 8.90. The third kappa shape index (κ3) is 3.33. The molecule has 0 radical (unpaired) electrons. The van der Waals surface area contributed by atoms with E-state index < -0.39 is 0 Å². The van der Waals surface area contributed by atoms with Crippen LogP contribution >= 0.6 is 0 Å². The molecule has 6 heteroatoms. The smallest absolute Gasteiger partial charge is 0.0738 e. The quantitative estimate of drug-likeness (QED) is 0.899. The lowest BCUT2D eigenvalue weighted by atomic mass is 10.2. The molecule has 2 aromatic heterocycles. The van der Waals surface area contributed by atoms with Crippen LogP contribution < -0.4 is 10.6 Å². The Bertz CT molecular complexity index is 585. The molecule has 1 aliphatic rings. The van der Waals surface area contributed by atoms with Crippen LogP contribution in [0.4, 0.5) is 11.4 Å². The molecule has 112 valence electrons. The first kappa shape index (κ1) is 13.9. The number of hydrogen-bond donors (Lipinski definition) is 1. The Morgan fingerprint density at radius 3 is 2.67 bits per heavy atom. The SMILES string of the molecule is Cn1cc(CCN2CCN(c3ccncc3N)CC2)cn1. The van der Waals surface area contributed by atoms with Gasteiger partial charge in [0.15, 0.2) is 0 Å². The highest BCUT2D eigenvalue weighted by atomic mass is 15.3. The molecule has 0 atom stereocenters. The molecule has 3 heterocycles. The molecule has 1 aliphatic heterocycles. The first-order valence-electron chi connectivity index (χ1n) is 7.37. The van der Waals surface area contributed by atoms with E-state index in [0.29, 0.717) is 0 Å². The highest BCUT2D eigenvalue weighted by Crippen LogP contribution is 2.22. The van der Waals surface area contributed by atoms with Crippen molar-refractivity contribution >= 4 is 11.4 Å². The maximum atomic E-state index is 6.00. The molecule has 2 N–H and O–H groups in total. The molecule has 2 aromatic rings. The predicted octanol–water partition coefficient (Wildman–Crippen LogP) is 0.762. The van der Waals surface area contributed by atoms with E-state index >= 15 is 0 Å². The van der Waals surface area contributed by atoms with Crippen molar-refractivity contribution in [3.8, 4) is 0 Å². The van der Waals surface area contributed by atoms with Crippen molar-refractivity contribution in [2.45, 2.75) is 6.42 Å². The Hall–Kier alpha value is -2.08. The summed E-state index contributed by atoms with van der Waals surface area (Å²) in [6, 6.07) is 2.00. The minimum atomic E-state index is 0.765. The molecule has 0 spiro atoms. The van der Waals surface area contributed by atoms with Gasteiger partial charge >= 0.3 is 0 Å². The van der Waals surface area contributed by atoms with E-state index in [9.17, 15) is 0 Å². The van der Waals surface area contributed by atoms with Crippen LogP contribution in [0.25, 0.3) is 0 Å². The number of nitrogen functional groups attached to an aromatic ring is 1. The van der Waals surface area contributed by atoms with Crippen LogP contribution in [0.3, 0.4) is 0 Å². The summed E-state index contributed by atoms with van der Waals surface area (Å²) < 4.78 is 1.86. The van der Waals surface area contributed by atoms with Crippen LogP contribution in [0.15, 0.2) is 30.9 Å². The molecule has 0 bridgehead atoms. The van der Waals surface area contributed by atoms with Crippen LogP contribution in [-0.2, 0) is 13.5 Å². The predicted molar refractivity (Wildman–Crippen MR) is 84.2 cm³/mol. The zero-order valence-corrected chi connectivity index (χ0v) is 12.4. The van der Waals surface area contributed by atoms with Crippen LogP contribution in [0.2, 0.25) is 0 Å². The zero-order valence-electron chi connectivity index (χ0n) is 12.4. The lowest BCUT2D eigenvalue weighted by Gasteiger charge is -2.36. The van der Waals surface area contributed by atoms with Gasteiger partial charge in [-0.2, -0.15) is 5.10 Å². The summed E-state index contributed by atoms with van der Waals surface area (Å²) in [6.45, 7) is 5.26. The fraction of sp³-hybridized carbons (Fsp3) is 0.467. The van der Waals surface area contributed by atoms with E-state index in [1.165, 1.54) is 5.56 Å². The van der Waals surface area contributed by atoms with E-state index in [0.717, 1.165) is 50.5 Å². The maximum absolute atomic E-state index is 6.00. The summed E-state index contributed by atoms with van der Waals surface area (Å²) in [5.74, 6) is 0. The first-order valence-corrected chi connectivity index (χ1v) is 7.37. The van der Waals surface area contributed by atoms with E-state index in [-0.39, 0.29) is 0 Å².